The molecular weight excluding hydrogens is 250 g/mol. The highest BCUT2D eigenvalue weighted by molar-refractivity contribution is 5.33. The number of rotatable bonds is 5. The summed E-state index contributed by atoms with van der Waals surface area (Å²) in [6, 6.07) is 7.38. The van der Waals surface area contributed by atoms with Crippen LogP contribution in [0, 0.1) is 0 Å². The number of ether oxygens (including phenoxy) is 1. The highest BCUT2D eigenvalue weighted by atomic mass is 19.3. The fraction of sp³-hybridized carbons (Fsp3) is 0.571. The predicted octanol–water partition coefficient (Wildman–Crippen LogP) is 2.52. The Balaban J connectivity index is 1.90. The lowest BCUT2D eigenvalue weighted by Gasteiger charge is -2.17. The Kier molecular flexibility index (Phi) is 5.54. The van der Waals surface area contributed by atoms with Crippen molar-refractivity contribution in [3.8, 4) is 5.75 Å². The van der Waals surface area contributed by atoms with E-state index >= 15 is 0 Å². The Morgan fingerprint density at radius 1 is 1.26 bits per heavy atom. The molecule has 1 atom stereocenters. The van der Waals surface area contributed by atoms with Crippen LogP contribution < -0.4 is 15.4 Å². The molecule has 1 heterocycles. The molecule has 0 amide bonds. The summed E-state index contributed by atoms with van der Waals surface area (Å²) in [5, 5.41) is 6.78. The van der Waals surface area contributed by atoms with E-state index in [0.29, 0.717) is 12.6 Å². The van der Waals surface area contributed by atoms with Gasteiger partial charge < -0.3 is 15.4 Å². The van der Waals surface area contributed by atoms with Crippen molar-refractivity contribution in [1.29, 1.82) is 0 Å². The van der Waals surface area contributed by atoms with Gasteiger partial charge >= 0.3 is 6.61 Å². The van der Waals surface area contributed by atoms with E-state index in [-0.39, 0.29) is 5.75 Å². The number of benzene rings is 1. The Hall–Kier alpha value is -1.20. The van der Waals surface area contributed by atoms with Crippen molar-refractivity contribution in [2.45, 2.75) is 38.5 Å². The summed E-state index contributed by atoms with van der Waals surface area (Å²) in [7, 11) is 0. The number of para-hydroxylation sites is 1. The average Bonchev–Trinajstić information content (AvgIpc) is 2.65. The van der Waals surface area contributed by atoms with Gasteiger partial charge in [-0.25, -0.2) is 0 Å². The van der Waals surface area contributed by atoms with Crippen LogP contribution in [0.1, 0.15) is 24.8 Å². The van der Waals surface area contributed by atoms with Crippen molar-refractivity contribution in [3.63, 3.8) is 0 Å². The Bertz CT molecular complexity index is 379. The quantitative estimate of drug-likeness (QED) is 0.862. The van der Waals surface area contributed by atoms with Gasteiger partial charge in [-0.05, 0) is 38.4 Å². The summed E-state index contributed by atoms with van der Waals surface area (Å²) in [5.41, 5.74) is 0.778. The van der Waals surface area contributed by atoms with Crippen LogP contribution in [0.3, 0.4) is 0 Å². The van der Waals surface area contributed by atoms with Crippen LogP contribution >= 0.6 is 0 Å². The van der Waals surface area contributed by atoms with Crippen molar-refractivity contribution in [3.05, 3.63) is 29.8 Å². The summed E-state index contributed by atoms with van der Waals surface area (Å²) >= 11 is 0. The van der Waals surface area contributed by atoms with E-state index in [1.54, 1.807) is 12.1 Å². The zero-order chi connectivity index (χ0) is 13.5. The van der Waals surface area contributed by atoms with E-state index in [2.05, 4.69) is 15.4 Å². The molecule has 19 heavy (non-hydrogen) atoms. The van der Waals surface area contributed by atoms with Crippen LogP contribution in [0.5, 0.6) is 5.75 Å². The molecule has 3 nitrogen and oxygen atoms in total. The summed E-state index contributed by atoms with van der Waals surface area (Å²) in [5.74, 6) is 0.261. The molecule has 0 aromatic heterocycles. The Morgan fingerprint density at radius 3 is 2.95 bits per heavy atom. The Labute approximate surface area is 112 Å². The molecule has 1 aromatic rings. The first-order valence-corrected chi connectivity index (χ1v) is 6.72. The fourth-order valence-corrected chi connectivity index (χ4v) is 2.34. The molecule has 0 spiro atoms. The molecule has 2 rings (SSSR count). The van der Waals surface area contributed by atoms with Crippen molar-refractivity contribution in [2.75, 3.05) is 13.1 Å². The van der Waals surface area contributed by atoms with Gasteiger partial charge in [0.1, 0.15) is 5.75 Å². The van der Waals surface area contributed by atoms with E-state index in [9.17, 15) is 8.78 Å². The van der Waals surface area contributed by atoms with E-state index in [4.69, 9.17) is 0 Å². The molecule has 1 unspecified atom stereocenters. The molecule has 1 fully saturated rings. The van der Waals surface area contributed by atoms with Crippen LogP contribution in [0.25, 0.3) is 0 Å². The molecule has 1 aliphatic rings. The molecule has 1 saturated heterocycles. The van der Waals surface area contributed by atoms with Gasteiger partial charge in [0.05, 0.1) is 0 Å². The first-order chi connectivity index (χ1) is 9.25. The van der Waals surface area contributed by atoms with Gasteiger partial charge in [0.2, 0.25) is 0 Å². The lowest BCUT2D eigenvalue weighted by molar-refractivity contribution is -0.0505. The maximum absolute atomic E-state index is 12.3. The van der Waals surface area contributed by atoms with Gasteiger partial charge in [0.15, 0.2) is 0 Å². The summed E-state index contributed by atoms with van der Waals surface area (Å²) < 4.78 is 29.1. The number of hydrogen-bond donors (Lipinski definition) is 2. The van der Waals surface area contributed by atoms with Crippen molar-refractivity contribution >= 4 is 0 Å². The van der Waals surface area contributed by atoms with Crippen LogP contribution in [-0.2, 0) is 6.54 Å². The van der Waals surface area contributed by atoms with Gasteiger partial charge in [0, 0.05) is 18.2 Å². The SMILES string of the molecule is FC(F)Oc1ccccc1CNC1CCCNCC1. The Morgan fingerprint density at radius 2 is 2.11 bits per heavy atom. The minimum Gasteiger partial charge on any atom is -0.434 e. The van der Waals surface area contributed by atoms with Crippen LogP contribution in [0.15, 0.2) is 24.3 Å². The maximum atomic E-state index is 12.3. The van der Waals surface area contributed by atoms with Crippen molar-refractivity contribution < 1.29 is 13.5 Å². The molecule has 1 aliphatic heterocycles. The lowest BCUT2D eigenvalue weighted by atomic mass is 10.1. The first-order valence-electron chi connectivity index (χ1n) is 6.72. The second kappa shape index (κ2) is 7.40. The minimum atomic E-state index is -2.77. The molecule has 5 heteroatoms. The lowest BCUT2D eigenvalue weighted by Crippen LogP contribution is -2.29. The number of halogens is 2. The van der Waals surface area contributed by atoms with Crippen LogP contribution in [-0.4, -0.2) is 25.7 Å². The van der Waals surface area contributed by atoms with Crippen molar-refractivity contribution in [1.82, 2.24) is 10.6 Å². The third kappa shape index (κ3) is 4.76. The van der Waals surface area contributed by atoms with Gasteiger partial charge in [-0.2, -0.15) is 8.78 Å². The number of nitrogens with one attached hydrogen (secondary N) is 2. The van der Waals surface area contributed by atoms with Gasteiger partial charge in [-0.3, -0.25) is 0 Å². The van der Waals surface area contributed by atoms with E-state index in [0.717, 1.165) is 37.9 Å². The molecule has 106 valence electrons. The summed E-state index contributed by atoms with van der Waals surface area (Å²) in [6.45, 7) is -0.146. The molecule has 2 N–H and O–H groups in total. The highest BCUT2D eigenvalue weighted by Gasteiger charge is 2.13. The first kappa shape index (κ1) is 14.2. The van der Waals surface area contributed by atoms with Crippen LogP contribution in [0.4, 0.5) is 8.78 Å². The van der Waals surface area contributed by atoms with Crippen LogP contribution in [0.2, 0.25) is 0 Å². The molecule has 0 saturated carbocycles. The molecule has 0 radical (unpaired) electrons. The summed E-state index contributed by atoms with van der Waals surface area (Å²) in [6.07, 6.45) is 3.33. The molecule has 0 bridgehead atoms. The van der Waals surface area contributed by atoms with E-state index < -0.39 is 6.61 Å². The van der Waals surface area contributed by atoms with Gasteiger partial charge in [-0.15, -0.1) is 0 Å². The van der Waals surface area contributed by atoms with Crippen molar-refractivity contribution in [2.24, 2.45) is 0 Å². The van der Waals surface area contributed by atoms with E-state index in [1.807, 2.05) is 12.1 Å². The molecule has 0 aliphatic carbocycles. The topological polar surface area (TPSA) is 33.3 Å². The maximum Gasteiger partial charge on any atom is 0.387 e. The normalized spacial score (nSPS) is 20.3. The monoisotopic (exact) mass is 270 g/mol. The zero-order valence-corrected chi connectivity index (χ0v) is 10.9. The third-order valence-electron chi connectivity index (χ3n) is 3.35. The van der Waals surface area contributed by atoms with E-state index in [1.165, 1.54) is 0 Å². The standard InChI is InChI=1S/C14H20F2N2O/c15-14(16)19-13-6-2-1-4-11(13)10-18-12-5-3-8-17-9-7-12/h1-2,4,6,12,14,17-18H,3,5,7-10H2. The largest absolute Gasteiger partial charge is 0.434 e. The zero-order valence-electron chi connectivity index (χ0n) is 10.9. The second-order valence-electron chi connectivity index (χ2n) is 4.74. The molecule has 1 aromatic carbocycles. The number of alkyl halides is 2. The summed E-state index contributed by atoms with van der Waals surface area (Å²) in [4.78, 5) is 0. The minimum absolute atomic E-state index is 0.261. The van der Waals surface area contributed by atoms with Gasteiger partial charge in [0.25, 0.3) is 0 Å². The third-order valence-corrected chi connectivity index (χ3v) is 3.35. The highest BCUT2D eigenvalue weighted by Crippen LogP contribution is 2.20. The average molecular weight is 270 g/mol. The fourth-order valence-electron chi connectivity index (χ4n) is 2.34. The van der Waals surface area contributed by atoms with Gasteiger partial charge in [-0.1, -0.05) is 18.2 Å². The predicted molar refractivity (Wildman–Crippen MR) is 70.4 cm³/mol. The smallest absolute Gasteiger partial charge is 0.387 e. The number of hydrogen-bond acceptors (Lipinski definition) is 3. The molecular formula is C14H20F2N2O. The second-order valence-corrected chi connectivity index (χ2v) is 4.74.